The number of nitrogens with two attached hydrogens (primary N) is 1. The van der Waals surface area contributed by atoms with Crippen molar-refractivity contribution in [3.8, 4) is 0 Å². The Bertz CT molecular complexity index is 578. The number of aromatic nitrogens is 3. The van der Waals surface area contributed by atoms with Gasteiger partial charge in [-0.15, -0.1) is 0 Å². The van der Waals surface area contributed by atoms with E-state index in [1.807, 2.05) is 0 Å². The normalized spacial score (nSPS) is 11.5. The molecule has 2 heterocycles. The fourth-order valence-electron chi connectivity index (χ4n) is 1.19. The Morgan fingerprint density at radius 2 is 2.17 bits per heavy atom. The first-order chi connectivity index (χ1) is 8.72. The van der Waals surface area contributed by atoms with E-state index in [9.17, 15) is 0 Å². The van der Waals surface area contributed by atoms with Crippen LogP contribution in [0.4, 0.5) is 0 Å². The van der Waals surface area contributed by atoms with E-state index in [2.05, 4.69) is 20.1 Å². The van der Waals surface area contributed by atoms with Crippen LogP contribution in [0.15, 0.2) is 46.1 Å². The van der Waals surface area contributed by atoms with Crippen molar-refractivity contribution >= 4 is 29.2 Å². The van der Waals surface area contributed by atoms with Crippen molar-refractivity contribution in [1.29, 1.82) is 0 Å². The van der Waals surface area contributed by atoms with Crippen LogP contribution in [-0.2, 0) is 0 Å². The molecular weight excluding hydrogens is 274 g/mol. The van der Waals surface area contributed by atoms with Crippen LogP contribution < -0.4 is 5.73 Å². The summed E-state index contributed by atoms with van der Waals surface area (Å²) in [5.74, 6) is -0.0630. The highest BCUT2D eigenvalue weighted by atomic mass is 35.5. The third-order valence-electron chi connectivity index (χ3n) is 2.00. The maximum Gasteiger partial charge on any atom is 0.171 e. The Morgan fingerprint density at radius 1 is 1.33 bits per heavy atom. The van der Waals surface area contributed by atoms with Gasteiger partial charge in [0.05, 0.1) is 5.02 Å². The Morgan fingerprint density at radius 3 is 2.83 bits per heavy atom. The lowest BCUT2D eigenvalue weighted by atomic mass is 10.2. The minimum Gasteiger partial charge on any atom is -0.409 e. The molecule has 2 aromatic heterocycles. The van der Waals surface area contributed by atoms with Crippen LogP contribution in [0.5, 0.6) is 0 Å². The van der Waals surface area contributed by atoms with Crippen LogP contribution in [0.2, 0.25) is 5.02 Å². The van der Waals surface area contributed by atoms with Crippen molar-refractivity contribution in [2.24, 2.45) is 10.9 Å². The fraction of sp³-hybridized carbons (Fsp3) is 0. The van der Waals surface area contributed by atoms with Crippen molar-refractivity contribution < 1.29 is 5.21 Å². The van der Waals surface area contributed by atoms with Crippen LogP contribution in [-0.4, -0.2) is 26.0 Å². The summed E-state index contributed by atoms with van der Waals surface area (Å²) in [7, 11) is 0. The Balaban J connectivity index is 2.35. The topological polar surface area (TPSA) is 97.3 Å². The number of hydrogen-bond donors (Lipinski definition) is 2. The van der Waals surface area contributed by atoms with Crippen molar-refractivity contribution in [3.63, 3.8) is 0 Å². The third kappa shape index (κ3) is 2.69. The molecular formula is C10H8ClN5OS. The molecule has 0 unspecified atom stereocenters. The van der Waals surface area contributed by atoms with Gasteiger partial charge in [0.1, 0.15) is 16.4 Å². The second kappa shape index (κ2) is 5.65. The van der Waals surface area contributed by atoms with E-state index in [4.69, 9.17) is 22.5 Å². The van der Waals surface area contributed by atoms with E-state index in [0.29, 0.717) is 20.6 Å². The molecule has 0 aromatic carbocycles. The highest BCUT2D eigenvalue weighted by molar-refractivity contribution is 7.99. The lowest BCUT2D eigenvalue weighted by Crippen LogP contribution is -2.14. The van der Waals surface area contributed by atoms with Crippen LogP contribution in [0.1, 0.15) is 5.56 Å². The van der Waals surface area contributed by atoms with E-state index in [-0.39, 0.29) is 5.84 Å². The Hall–Kier alpha value is -1.86. The van der Waals surface area contributed by atoms with Crippen LogP contribution in [0, 0.1) is 0 Å². The molecule has 0 bridgehead atoms. The van der Waals surface area contributed by atoms with Crippen LogP contribution in [0.25, 0.3) is 0 Å². The molecule has 2 rings (SSSR count). The monoisotopic (exact) mass is 281 g/mol. The summed E-state index contributed by atoms with van der Waals surface area (Å²) in [5.41, 5.74) is 5.93. The fourth-order valence-corrected chi connectivity index (χ4v) is 2.25. The van der Waals surface area contributed by atoms with E-state index < -0.39 is 0 Å². The first-order valence-corrected chi connectivity index (χ1v) is 5.98. The molecule has 6 nitrogen and oxygen atoms in total. The van der Waals surface area contributed by atoms with E-state index in [1.165, 1.54) is 24.3 Å². The molecule has 0 saturated heterocycles. The maximum atomic E-state index is 8.65. The Kier molecular flexibility index (Phi) is 3.96. The summed E-state index contributed by atoms with van der Waals surface area (Å²) in [5, 5.41) is 13.1. The van der Waals surface area contributed by atoms with E-state index in [1.54, 1.807) is 18.3 Å². The number of halogens is 1. The Labute approximate surface area is 112 Å². The first kappa shape index (κ1) is 12.6. The van der Waals surface area contributed by atoms with Gasteiger partial charge in [0, 0.05) is 18.0 Å². The summed E-state index contributed by atoms with van der Waals surface area (Å²) in [4.78, 5) is 12.0. The highest BCUT2D eigenvalue weighted by Gasteiger charge is 2.12. The summed E-state index contributed by atoms with van der Waals surface area (Å²) < 4.78 is 0. The van der Waals surface area contributed by atoms with Crippen LogP contribution >= 0.6 is 23.4 Å². The van der Waals surface area contributed by atoms with Crippen molar-refractivity contribution in [3.05, 3.63) is 41.4 Å². The molecule has 3 N–H and O–H groups in total. The zero-order valence-electron chi connectivity index (χ0n) is 8.99. The minimum absolute atomic E-state index is 0.0630. The van der Waals surface area contributed by atoms with Gasteiger partial charge in [-0.3, -0.25) is 0 Å². The molecule has 0 aliphatic heterocycles. The lowest BCUT2D eigenvalue weighted by Gasteiger charge is -2.06. The second-order valence-electron chi connectivity index (χ2n) is 3.11. The molecule has 18 heavy (non-hydrogen) atoms. The third-order valence-corrected chi connectivity index (χ3v) is 3.45. The van der Waals surface area contributed by atoms with Gasteiger partial charge in [0.2, 0.25) is 0 Å². The van der Waals surface area contributed by atoms with Gasteiger partial charge in [-0.1, -0.05) is 16.8 Å². The standard InChI is InChI=1S/C10H8ClN5OS/c11-8-6(9(12)16-17)1-4-14-10(8)18-7-2-3-13-5-15-7/h1-5,17H,(H2,12,16). The highest BCUT2D eigenvalue weighted by Crippen LogP contribution is 2.31. The molecule has 0 aliphatic carbocycles. The van der Waals surface area contributed by atoms with Gasteiger partial charge in [-0.05, 0) is 23.9 Å². The molecule has 0 aliphatic rings. The van der Waals surface area contributed by atoms with Gasteiger partial charge in [-0.25, -0.2) is 15.0 Å². The number of pyridine rings is 1. The zero-order chi connectivity index (χ0) is 13.0. The van der Waals surface area contributed by atoms with Gasteiger partial charge in [0.15, 0.2) is 5.84 Å². The lowest BCUT2D eigenvalue weighted by molar-refractivity contribution is 0.318. The number of hydrogen-bond acceptors (Lipinski definition) is 6. The minimum atomic E-state index is -0.0630. The molecule has 0 fully saturated rings. The largest absolute Gasteiger partial charge is 0.409 e. The summed E-state index contributed by atoms with van der Waals surface area (Å²) in [6, 6.07) is 3.31. The van der Waals surface area contributed by atoms with E-state index in [0.717, 1.165) is 0 Å². The maximum absolute atomic E-state index is 8.65. The SMILES string of the molecule is N/C(=N/O)c1ccnc(Sc2ccncn2)c1Cl. The van der Waals surface area contributed by atoms with Crippen LogP contribution in [0.3, 0.4) is 0 Å². The number of oxime groups is 1. The molecule has 2 aromatic rings. The number of nitrogens with zero attached hydrogens (tertiary/aromatic N) is 4. The van der Waals surface area contributed by atoms with E-state index >= 15 is 0 Å². The number of amidine groups is 1. The first-order valence-electron chi connectivity index (χ1n) is 4.78. The molecule has 0 amide bonds. The van der Waals surface area contributed by atoms with Crippen molar-refractivity contribution in [2.75, 3.05) is 0 Å². The molecule has 8 heteroatoms. The zero-order valence-corrected chi connectivity index (χ0v) is 10.6. The average Bonchev–Trinajstić information content (AvgIpc) is 2.41. The predicted molar refractivity (Wildman–Crippen MR) is 67.9 cm³/mol. The van der Waals surface area contributed by atoms with Gasteiger partial charge in [-0.2, -0.15) is 0 Å². The van der Waals surface area contributed by atoms with Crippen molar-refractivity contribution in [1.82, 2.24) is 15.0 Å². The quantitative estimate of drug-likeness (QED) is 0.293. The molecule has 92 valence electrons. The van der Waals surface area contributed by atoms with Gasteiger partial charge < -0.3 is 10.9 Å². The van der Waals surface area contributed by atoms with Crippen molar-refractivity contribution in [2.45, 2.75) is 10.1 Å². The molecule has 0 atom stereocenters. The molecule has 0 spiro atoms. The smallest absolute Gasteiger partial charge is 0.171 e. The molecule has 0 saturated carbocycles. The second-order valence-corrected chi connectivity index (χ2v) is 4.50. The summed E-state index contributed by atoms with van der Waals surface area (Å²) in [6.45, 7) is 0. The number of rotatable bonds is 3. The van der Waals surface area contributed by atoms with Gasteiger partial charge >= 0.3 is 0 Å². The predicted octanol–water partition coefficient (Wildman–Crippen LogP) is 1.77. The average molecular weight is 282 g/mol. The summed E-state index contributed by atoms with van der Waals surface area (Å²) in [6.07, 6.45) is 4.59. The summed E-state index contributed by atoms with van der Waals surface area (Å²) >= 11 is 7.40. The molecule has 0 radical (unpaired) electrons. The van der Waals surface area contributed by atoms with Gasteiger partial charge in [0.25, 0.3) is 0 Å².